The molecule has 6 heteroatoms. The summed E-state index contributed by atoms with van der Waals surface area (Å²) in [5.74, 6) is 0.784. The second-order valence-electron chi connectivity index (χ2n) is 6.04. The molecule has 0 bridgehead atoms. The first-order valence-corrected chi connectivity index (χ1v) is 8.15. The van der Waals surface area contributed by atoms with E-state index in [-0.39, 0.29) is 23.9 Å². The lowest BCUT2D eigenvalue weighted by Gasteiger charge is -2.11. The number of nitrogens with zero attached hydrogens (tertiary/aromatic N) is 2. The molecular weight excluding hydrogens is 318 g/mol. The number of para-hydroxylation sites is 2. The van der Waals surface area contributed by atoms with Crippen LogP contribution < -0.4 is 15.6 Å². The van der Waals surface area contributed by atoms with E-state index in [0.717, 1.165) is 11.3 Å². The van der Waals surface area contributed by atoms with Crippen molar-refractivity contribution in [2.75, 3.05) is 13.2 Å². The summed E-state index contributed by atoms with van der Waals surface area (Å²) in [7, 11) is 0. The smallest absolute Gasteiger partial charge is 0.261 e. The largest absolute Gasteiger partial charge is 0.493 e. The van der Waals surface area contributed by atoms with Crippen molar-refractivity contribution in [3.63, 3.8) is 0 Å². The summed E-state index contributed by atoms with van der Waals surface area (Å²) in [6.07, 6.45) is 1.41. The number of carbonyl (C=O) groups is 1. The fourth-order valence-corrected chi connectivity index (χ4v) is 3.06. The molecule has 0 spiro atoms. The minimum absolute atomic E-state index is 0.0497. The summed E-state index contributed by atoms with van der Waals surface area (Å²) in [6.45, 7) is 0.981. The highest BCUT2D eigenvalue weighted by Gasteiger charge is 2.23. The molecule has 1 aliphatic rings. The van der Waals surface area contributed by atoms with Gasteiger partial charge in [-0.15, -0.1) is 0 Å². The third-order valence-electron chi connectivity index (χ3n) is 4.39. The van der Waals surface area contributed by atoms with Crippen molar-refractivity contribution in [1.29, 1.82) is 0 Å². The van der Waals surface area contributed by atoms with Crippen LogP contribution in [0.2, 0.25) is 0 Å². The van der Waals surface area contributed by atoms with E-state index in [9.17, 15) is 9.59 Å². The maximum atomic E-state index is 12.4. The molecule has 3 aromatic rings. The second-order valence-corrected chi connectivity index (χ2v) is 6.04. The van der Waals surface area contributed by atoms with Gasteiger partial charge in [0.2, 0.25) is 5.91 Å². The van der Waals surface area contributed by atoms with Crippen LogP contribution in [-0.4, -0.2) is 28.6 Å². The standard InChI is InChI=1S/C19H17N3O3/c23-18(20-9-13-11-25-17-8-4-2-5-14(13)17)10-22-12-21-16-7-3-1-6-15(16)19(22)24/h1-8,12-13H,9-11H2,(H,20,23)/t13-/m0/s1. The van der Waals surface area contributed by atoms with E-state index in [0.29, 0.717) is 24.1 Å². The molecule has 0 aliphatic carbocycles. The van der Waals surface area contributed by atoms with Crippen molar-refractivity contribution in [2.45, 2.75) is 12.5 Å². The Kier molecular flexibility index (Phi) is 3.93. The number of rotatable bonds is 4. The molecule has 0 radical (unpaired) electrons. The van der Waals surface area contributed by atoms with Crippen molar-refractivity contribution >= 4 is 16.8 Å². The number of benzene rings is 2. The van der Waals surface area contributed by atoms with Gasteiger partial charge in [-0.05, 0) is 18.2 Å². The van der Waals surface area contributed by atoms with Crippen molar-refractivity contribution in [3.05, 3.63) is 70.8 Å². The lowest BCUT2D eigenvalue weighted by atomic mass is 10.0. The Hall–Kier alpha value is -3.15. The number of carbonyl (C=O) groups excluding carboxylic acids is 1. The predicted molar refractivity (Wildman–Crippen MR) is 93.7 cm³/mol. The Morgan fingerprint density at radius 3 is 2.92 bits per heavy atom. The molecule has 1 amide bonds. The van der Waals surface area contributed by atoms with Gasteiger partial charge in [-0.1, -0.05) is 30.3 Å². The van der Waals surface area contributed by atoms with E-state index in [1.165, 1.54) is 10.9 Å². The lowest BCUT2D eigenvalue weighted by molar-refractivity contribution is -0.121. The molecule has 25 heavy (non-hydrogen) atoms. The van der Waals surface area contributed by atoms with Gasteiger partial charge in [-0.3, -0.25) is 14.2 Å². The van der Waals surface area contributed by atoms with E-state index in [2.05, 4.69) is 10.3 Å². The topological polar surface area (TPSA) is 73.2 Å². The quantitative estimate of drug-likeness (QED) is 0.787. The molecule has 2 aromatic carbocycles. The van der Waals surface area contributed by atoms with E-state index in [1.54, 1.807) is 18.2 Å². The summed E-state index contributed by atoms with van der Waals surface area (Å²) < 4.78 is 6.94. The summed E-state index contributed by atoms with van der Waals surface area (Å²) in [4.78, 5) is 28.9. The second kappa shape index (κ2) is 6.39. The minimum Gasteiger partial charge on any atom is -0.493 e. The first-order valence-electron chi connectivity index (χ1n) is 8.15. The highest BCUT2D eigenvalue weighted by atomic mass is 16.5. The molecule has 4 rings (SSSR count). The molecule has 0 unspecified atom stereocenters. The summed E-state index contributed by atoms with van der Waals surface area (Å²) in [5, 5.41) is 3.39. The van der Waals surface area contributed by atoms with Gasteiger partial charge >= 0.3 is 0 Å². The number of amides is 1. The predicted octanol–water partition coefficient (Wildman–Crippen LogP) is 1.69. The van der Waals surface area contributed by atoms with Crippen LogP contribution in [0.4, 0.5) is 0 Å². The molecule has 1 aliphatic heterocycles. The fourth-order valence-electron chi connectivity index (χ4n) is 3.06. The van der Waals surface area contributed by atoms with Crippen molar-refractivity contribution in [2.24, 2.45) is 0 Å². The summed E-state index contributed by atoms with van der Waals surface area (Å²) in [6, 6.07) is 14.9. The normalized spacial score (nSPS) is 15.6. The Balaban J connectivity index is 1.43. The van der Waals surface area contributed by atoms with Crippen LogP contribution in [0.25, 0.3) is 10.9 Å². The van der Waals surface area contributed by atoms with Crippen molar-refractivity contribution in [1.82, 2.24) is 14.9 Å². The number of hydrogen-bond acceptors (Lipinski definition) is 4. The molecule has 126 valence electrons. The number of hydrogen-bond donors (Lipinski definition) is 1. The van der Waals surface area contributed by atoms with E-state index in [1.807, 2.05) is 30.3 Å². The van der Waals surface area contributed by atoms with Crippen LogP contribution >= 0.6 is 0 Å². The van der Waals surface area contributed by atoms with E-state index < -0.39 is 0 Å². The molecule has 1 N–H and O–H groups in total. The number of aromatic nitrogens is 2. The van der Waals surface area contributed by atoms with Gasteiger partial charge in [0.15, 0.2) is 0 Å². The highest BCUT2D eigenvalue weighted by molar-refractivity contribution is 5.78. The van der Waals surface area contributed by atoms with Gasteiger partial charge in [0, 0.05) is 18.0 Å². The number of ether oxygens (including phenoxy) is 1. The molecule has 0 fully saturated rings. The highest BCUT2D eigenvalue weighted by Crippen LogP contribution is 2.32. The average molecular weight is 335 g/mol. The Morgan fingerprint density at radius 1 is 1.20 bits per heavy atom. The molecule has 0 saturated carbocycles. The number of nitrogens with one attached hydrogen (secondary N) is 1. The SMILES string of the molecule is O=C(Cn1cnc2ccccc2c1=O)NC[C@H]1COc2ccccc21. The zero-order chi connectivity index (χ0) is 17.2. The van der Waals surface area contributed by atoms with Crippen LogP contribution in [0.5, 0.6) is 5.75 Å². The maximum Gasteiger partial charge on any atom is 0.261 e. The Bertz CT molecular complexity index is 996. The first-order chi connectivity index (χ1) is 12.2. The molecule has 2 heterocycles. The zero-order valence-corrected chi connectivity index (χ0v) is 13.5. The first kappa shape index (κ1) is 15.4. The monoisotopic (exact) mass is 335 g/mol. The molecular formula is C19H17N3O3. The molecule has 0 saturated heterocycles. The fraction of sp³-hybridized carbons (Fsp3) is 0.211. The van der Waals surface area contributed by atoms with Crippen LogP contribution in [-0.2, 0) is 11.3 Å². The van der Waals surface area contributed by atoms with Gasteiger partial charge in [0.25, 0.3) is 5.56 Å². The van der Waals surface area contributed by atoms with Crippen LogP contribution in [0.1, 0.15) is 11.5 Å². The lowest BCUT2D eigenvalue weighted by Crippen LogP contribution is -2.35. The van der Waals surface area contributed by atoms with E-state index >= 15 is 0 Å². The molecule has 1 aromatic heterocycles. The summed E-state index contributed by atoms with van der Waals surface area (Å²) >= 11 is 0. The maximum absolute atomic E-state index is 12.4. The Morgan fingerprint density at radius 2 is 2.00 bits per heavy atom. The van der Waals surface area contributed by atoms with E-state index in [4.69, 9.17) is 4.74 Å². The number of fused-ring (bicyclic) bond motifs is 2. The molecule has 1 atom stereocenters. The average Bonchev–Trinajstić information content (AvgIpc) is 3.06. The van der Waals surface area contributed by atoms with Gasteiger partial charge < -0.3 is 10.1 Å². The van der Waals surface area contributed by atoms with Crippen LogP contribution in [0.3, 0.4) is 0 Å². The Labute approximate surface area is 144 Å². The molecule has 6 nitrogen and oxygen atoms in total. The third-order valence-corrected chi connectivity index (χ3v) is 4.39. The third kappa shape index (κ3) is 2.98. The van der Waals surface area contributed by atoms with Gasteiger partial charge in [0.1, 0.15) is 12.3 Å². The van der Waals surface area contributed by atoms with Crippen LogP contribution in [0, 0.1) is 0 Å². The van der Waals surface area contributed by atoms with Gasteiger partial charge in [0.05, 0.1) is 23.8 Å². The minimum atomic E-state index is -0.219. The summed E-state index contributed by atoms with van der Waals surface area (Å²) in [5.41, 5.74) is 1.52. The van der Waals surface area contributed by atoms with Gasteiger partial charge in [-0.25, -0.2) is 4.98 Å². The van der Waals surface area contributed by atoms with Crippen molar-refractivity contribution < 1.29 is 9.53 Å². The zero-order valence-electron chi connectivity index (χ0n) is 13.5. The van der Waals surface area contributed by atoms with Crippen LogP contribution in [0.15, 0.2) is 59.7 Å². The van der Waals surface area contributed by atoms with Gasteiger partial charge in [-0.2, -0.15) is 0 Å². The van der Waals surface area contributed by atoms with Crippen molar-refractivity contribution in [3.8, 4) is 5.75 Å².